The molecule has 2 aliphatic rings. The van der Waals surface area contributed by atoms with Crippen molar-refractivity contribution in [1.82, 2.24) is 19.9 Å². The fourth-order valence-electron chi connectivity index (χ4n) is 5.25. The van der Waals surface area contributed by atoms with E-state index in [1.165, 1.54) is 11.8 Å². The van der Waals surface area contributed by atoms with Gasteiger partial charge in [-0.3, -0.25) is 14.4 Å². The Morgan fingerprint density at radius 3 is 2.74 bits per heavy atom. The summed E-state index contributed by atoms with van der Waals surface area (Å²) in [7, 11) is 0. The lowest BCUT2D eigenvalue weighted by atomic mass is 9.82. The number of anilines is 1. The van der Waals surface area contributed by atoms with Crippen LogP contribution in [0.5, 0.6) is 0 Å². The highest BCUT2D eigenvalue weighted by Crippen LogP contribution is 2.42. The van der Waals surface area contributed by atoms with Crippen molar-refractivity contribution in [3.05, 3.63) is 63.2 Å². The molecule has 1 unspecified atom stereocenters. The minimum absolute atomic E-state index is 0.0382. The smallest absolute Gasteiger partial charge is 0.259 e. The van der Waals surface area contributed by atoms with Crippen LogP contribution >= 0.6 is 0 Å². The minimum Gasteiger partial charge on any atom is -0.345 e. The third-order valence-electron chi connectivity index (χ3n) is 7.11. The van der Waals surface area contributed by atoms with Crippen molar-refractivity contribution in [3.63, 3.8) is 0 Å². The molecule has 34 heavy (non-hydrogen) atoms. The molecule has 8 heteroatoms. The van der Waals surface area contributed by atoms with Crippen LogP contribution in [-0.4, -0.2) is 44.8 Å². The van der Waals surface area contributed by atoms with Gasteiger partial charge in [0.05, 0.1) is 11.3 Å². The molecule has 1 atom stereocenters. The Kier molecular flexibility index (Phi) is 5.89. The Balaban J connectivity index is 1.34. The first-order valence-corrected chi connectivity index (χ1v) is 12.1. The number of nitrogens with zero attached hydrogens (tertiary/aromatic N) is 3. The molecule has 1 fully saturated rings. The van der Waals surface area contributed by atoms with Gasteiger partial charge in [0.2, 0.25) is 11.3 Å². The van der Waals surface area contributed by atoms with E-state index < -0.39 is 0 Å². The number of carbonyl (C=O) groups is 2. The summed E-state index contributed by atoms with van der Waals surface area (Å²) in [5.74, 6) is 0.580. The van der Waals surface area contributed by atoms with E-state index >= 15 is 0 Å². The first kappa shape index (κ1) is 22.3. The van der Waals surface area contributed by atoms with E-state index in [4.69, 9.17) is 0 Å². The Labute approximate surface area is 197 Å². The number of fused-ring (bicyclic) bond motifs is 2. The van der Waals surface area contributed by atoms with Crippen molar-refractivity contribution in [1.29, 1.82) is 0 Å². The summed E-state index contributed by atoms with van der Waals surface area (Å²) in [6.07, 6.45) is 7.67. The van der Waals surface area contributed by atoms with Crippen LogP contribution in [0.4, 0.5) is 5.82 Å². The number of hydrogen-bond acceptors (Lipinski definition) is 5. The number of likely N-dealkylation sites (tertiary alicyclic amines) is 1. The van der Waals surface area contributed by atoms with Crippen molar-refractivity contribution in [2.45, 2.75) is 57.8 Å². The SMILES string of the molecule is CCCCC1C(=O)Nc2nccc(C3CCN(C(=O)c4c[nH]c5nc(C)ccc5c4=O)CC3)c21. The number of aromatic amines is 1. The summed E-state index contributed by atoms with van der Waals surface area (Å²) in [6.45, 7) is 5.11. The molecule has 0 aliphatic carbocycles. The van der Waals surface area contributed by atoms with E-state index in [9.17, 15) is 14.4 Å². The molecule has 5 rings (SSSR count). The summed E-state index contributed by atoms with van der Waals surface area (Å²) in [5, 5.41) is 3.38. The van der Waals surface area contributed by atoms with Crippen LogP contribution in [0.1, 0.15) is 78.0 Å². The molecule has 5 heterocycles. The molecule has 176 valence electrons. The molecule has 0 radical (unpaired) electrons. The Morgan fingerprint density at radius 1 is 1.18 bits per heavy atom. The van der Waals surface area contributed by atoms with Gasteiger partial charge in [0.15, 0.2) is 0 Å². The number of rotatable bonds is 5. The molecule has 0 aromatic carbocycles. The lowest BCUT2D eigenvalue weighted by molar-refractivity contribution is -0.117. The third-order valence-corrected chi connectivity index (χ3v) is 7.11. The van der Waals surface area contributed by atoms with Crippen molar-refractivity contribution in [2.75, 3.05) is 18.4 Å². The molecular formula is C26H29N5O3. The molecule has 2 N–H and O–H groups in total. The number of amides is 2. The first-order chi connectivity index (χ1) is 16.5. The molecule has 1 saturated heterocycles. The number of aromatic nitrogens is 3. The quantitative estimate of drug-likeness (QED) is 0.602. The maximum atomic E-state index is 13.2. The fourth-order valence-corrected chi connectivity index (χ4v) is 5.25. The van der Waals surface area contributed by atoms with Gasteiger partial charge < -0.3 is 15.2 Å². The van der Waals surface area contributed by atoms with Gasteiger partial charge in [-0.25, -0.2) is 9.97 Å². The van der Waals surface area contributed by atoms with Crippen LogP contribution in [-0.2, 0) is 4.79 Å². The van der Waals surface area contributed by atoms with Gasteiger partial charge in [-0.2, -0.15) is 0 Å². The first-order valence-electron chi connectivity index (χ1n) is 12.1. The number of aryl methyl sites for hydroxylation is 1. The molecule has 3 aromatic heterocycles. The Hall–Kier alpha value is -3.55. The highest BCUT2D eigenvalue weighted by molar-refractivity contribution is 6.02. The lowest BCUT2D eigenvalue weighted by Crippen LogP contribution is -2.40. The van der Waals surface area contributed by atoms with Gasteiger partial charge >= 0.3 is 0 Å². The molecule has 0 bridgehead atoms. The number of H-pyrrole nitrogens is 1. The average Bonchev–Trinajstić information content (AvgIpc) is 3.17. The molecule has 0 spiro atoms. The van der Waals surface area contributed by atoms with Crippen LogP contribution in [0, 0.1) is 6.92 Å². The van der Waals surface area contributed by atoms with Crippen LogP contribution in [0.2, 0.25) is 0 Å². The molecule has 8 nitrogen and oxygen atoms in total. The number of nitrogens with one attached hydrogen (secondary N) is 2. The topological polar surface area (TPSA) is 108 Å². The zero-order chi connectivity index (χ0) is 23.8. The van der Waals surface area contributed by atoms with Gasteiger partial charge in [0, 0.05) is 36.7 Å². The second kappa shape index (κ2) is 9.00. The standard InChI is InChI=1S/C26H29N5O3/c1-3-4-5-18-21-17(8-11-27-24(21)30-25(18)33)16-9-12-31(13-10-16)26(34)20-14-28-23-19(22(20)32)7-6-15(2)29-23/h6-8,11,14,16,18H,3-5,9-10,12-13H2,1-2H3,(H,27,30,33)(H,28,29,32). The maximum Gasteiger partial charge on any atom is 0.259 e. The molecule has 0 saturated carbocycles. The predicted molar refractivity (Wildman–Crippen MR) is 130 cm³/mol. The summed E-state index contributed by atoms with van der Waals surface area (Å²) in [6, 6.07) is 5.52. The second-order valence-corrected chi connectivity index (χ2v) is 9.29. The average molecular weight is 460 g/mol. The van der Waals surface area contributed by atoms with Gasteiger partial charge in [0.1, 0.15) is 17.0 Å². The van der Waals surface area contributed by atoms with Crippen molar-refractivity contribution < 1.29 is 9.59 Å². The van der Waals surface area contributed by atoms with Gasteiger partial charge in [-0.1, -0.05) is 19.8 Å². The van der Waals surface area contributed by atoms with E-state index in [1.54, 1.807) is 23.2 Å². The highest BCUT2D eigenvalue weighted by atomic mass is 16.2. The summed E-state index contributed by atoms with van der Waals surface area (Å²) < 4.78 is 0. The van der Waals surface area contributed by atoms with E-state index in [2.05, 4.69) is 27.2 Å². The number of hydrogen-bond donors (Lipinski definition) is 2. The van der Waals surface area contributed by atoms with Crippen LogP contribution in [0.3, 0.4) is 0 Å². The largest absolute Gasteiger partial charge is 0.345 e. The Morgan fingerprint density at radius 2 is 1.97 bits per heavy atom. The van der Waals surface area contributed by atoms with Gasteiger partial charge in [-0.05, 0) is 55.9 Å². The number of unbranched alkanes of at least 4 members (excludes halogenated alkanes) is 1. The highest BCUT2D eigenvalue weighted by Gasteiger charge is 2.36. The van der Waals surface area contributed by atoms with Crippen molar-refractivity contribution in [3.8, 4) is 0 Å². The second-order valence-electron chi connectivity index (χ2n) is 9.29. The predicted octanol–water partition coefficient (Wildman–Crippen LogP) is 3.87. The fraction of sp³-hybridized carbons (Fsp3) is 0.423. The molecule has 3 aromatic rings. The molecular weight excluding hydrogens is 430 g/mol. The van der Waals surface area contributed by atoms with Crippen molar-refractivity contribution >= 4 is 28.7 Å². The van der Waals surface area contributed by atoms with Crippen LogP contribution in [0.25, 0.3) is 11.0 Å². The van der Waals surface area contributed by atoms with Gasteiger partial charge in [-0.15, -0.1) is 0 Å². The normalized spacial score (nSPS) is 18.2. The molecule has 2 aliphatic heterocycles. The number of pyridine rings is 3. The summed E-state index contributed by atoms with van der Waals surface area (Å²) in [4.78, 5) is 52.2. The number of piperidine rings is 1. The van der Waals surface area contributed by atoms with Crippen LogP contribution in [0.15, 0.2) is 35.4 Å². The summed E-state index contributed by atoms with van der Waals surface area (Å²) >= 11 is 0. The monoisotopic (exact) mass is 459 g/mol. The molecule has 2 amide bonds. The lowest BCUT2D eigenvalue weighted by Gasteiger charge is -2.33. The number of carbonyl (C=O) groups excluding carboxylic acids is 2. The zero-order valence-corrected chi connectivity index (χ0v) is 19.6. The Bertz CT molecular complexity index is 1320. The minimum atomic E-state index is -0.288. The van der Waals surface area contributed by atoms with Crippen LogP contribution < -0.4 is 10.7 Å². The summed E-state index contributed by atoms with van der Waals surface area (Å²) in [5.41, 5.74) is 3.37. The van der Waals surface area contributed by atoms with Crippen molar-refractivity contribution in [2.24, 2.45) is 0 Å². The maximum absolute atomic E-state index is 13.2. The van der Waals surface area contributed by atoms with E-state index in [1.807, 2.05) is 13.0 Å². The van der Waals surface area contributed by atoms with Gasteiger partial charge in [0.25, 0.3) is 5.91 Å². The third kappa shape index (κ3) is 3.87. The van der Waals surface area contributed by atoms with E-state index in [0.29, 0.717) is 29.9 Å². The zero-order valence-electron chi connectivity index (χ0n) is 19.6. The van der Waals surface area contributed by atoms with E-state index in [-0.39, 0.29) is 34.6 Å². The van der Waals surface area contributed by atoms with E-state index in [0.717, 1.165) is 43.4 Å².